The molecule has 2 aliphatic rings. The molecule has 5 rings (SSSR count). The second-order valence-electron chi connectivity index (χ2n) is 8.06. The number of hydrogen-bond acceptors (Lipinski definition) is 9. The van der Waals surface area contributed by atoms with Gasteiger partial charge >= 0.3 is 0 Å². The first kappa shape index (κ1) is 21.4. The van der Waals surface area contributed by atoms with Gasteiger partial charge in [-0.25, -0.2) is 18.9 Å². The van der Waals surface area contributed by atoms with Crippen LogP contribution in [0.25, 0.3) is 17.0 Å². The Labute approximate surface area is 190 Å². The highest BCUT2D eigenvalue weighted by Gasteiger charge is 2.23. The molecule has 11 heteroatoms. The smallest absolute Gasteiger partial charge is 0.192 e. The molecule has 3 aromatic rings. The van der Waals surface area contributed by atoms with Gasteiger partial charge in [0.1, 0.15) is 23.3 Å². The Bertz CT molecular complexity index is 1200. The van der Waals surface area contributed by atoms with Gasteiger partial charge in [0.2, 0.25) is 0 Å². The molecular formula is C22H25FN8O2. The number of piperidine rings is 1. The first-order valence-electron chi connectivity index (χ1n) is 11.0. The molecule has 33 heavy (non-hydrogen) atoms. The molecule has 2 N–H and O–H groups in total. The van der Waals surface area contributed by atoms with Crippen LogP contribution in [0.4, 0.5) is 16.0 Å². The van der Waals surface area contributed by atoms with Gasteiger partial charge < -0.3 is 25.0 Å². The fourth-order valence-corrected chi connectivity index (χ4v) is 4.23. The van der Waals surface area contributed by atoms with Gasteiger partial charge in [-0.15, -0.1) is 5.10 Å². The number of anilines is 2. The number of nitriles is 1. The van der Waals surface area contributed by atoms with E-state index in [-0.39, 0.29) is 17.3 Å². The van der Waals surface area contributed by atoms with Gasteiger partial charge in [-0.3, -0.25) is 0 Å². The molecule has 172 valence electrons. The highest BCUT2D eigenvalue weighted by atomic mass is 19.1. The van der Waals surface area contributed by atoms with E-state index in [4.69, 9.17) is 14.6 Å². The van der Waals surface area contributed by atoms with Gasteiger partial charge in [0, 0.05) is 31.7 Å². The highest BCUT2D eigenvalue weighted by molar-refractivity contribution is 5.67. The summed E-state index contributed by atoms with van der Waals surface area (Å²) in [6, 6.07) is 5.15. The summed E-state index contributed by atoms with van der Waals surface area (Å²) in [4.78, 5) is 11.0. The van der Waals surface area contributed by atoms with Crippen molar-refractivity contribution in [3.8, 4) is 23.2 Å². The Balaban J connectivity index is 1.58. The minimum atomic E-state index is -0.605. The van der Waals surface area contributed by atoms with Gasteiger partial charge in [-0.1, -0.05) is 0 Å². The molecular weight excluding hydrogens is 427 g/mol. The number of nitrogens with zero attached hydrogens (tertiary/aromatic N) is 6. The molecule has 0 aliphatic carbocycles. The Morgan fingerprint density at radius 3 is 2.91 bits per heavy atom. The molecule has 1 atom stereocenters. The first-order valence-corrected chi connectivity index (χ1v) is 11.0. The molecule has 0 aromatic carbocycles. The lowest BCUT2D eigenvalue weighted by Gasteiger charge is -2.28. The number of hydrogen-bond donors (Lipinski definition) is 2. The van der Waals surface area contributed by atoms with Crippen LogP contribution in [0.5, 0.6) is 5.75 Å². The normalized spacial score (nSPS) is 18.8. The van der Waals surface area contributed by atoms with Crippen molar-refractivity contribution in [1.29, 1.82) is 5.26 Å². The second kappa shape index (κ2) is 9.17. The summed E-state index contributed by atoms with van der Waals surface area (Å²) in [7, 11) is 1.58. The third-order valence-electron chi connectivity index (χ3n) is 5.95. The minimum absolute atomic E-state index is 0.0818. The summed E-state index contributed by atoms with van der Waals surface area (Å²) in [5, 5.41) is 20.9. The van der Waals surface area contributed by atoms with E-state index in [1.54, 1.807) is 17.7 Å². The summed E-state index contributed by atoms with van der Waals surface area (Å²) in [6.07, 6.45) is 3.51. The number of halogens is 1. The van der Waals surface area contributed by atoms with Gasteiger partial charge in [-0.2, -0.15) is 5.26 Å². The van der Waals surface area contributed by atoms with Crippen LogP contribution in [-0.4, -0.2) is 72.1 Å². The lowest BCUT2D eigenvalue weighted by Crippen LogP contribution is -2.38. The lowest BCUT2D eigenvalue weighted by molar-refractivity contribution is 0.122. The fraction of sp³-hybridized carbons (Fsp3) is 0.455. The van der Waals surface area contributed by atoms with Crippen LogP contribution in [-0.2, 0) is 4.74 Å². The number of ether oxygens (including phenoxy) is 2. The summed E-state index contributed by atoms with van der Waals surface area (Å²) in [5.74, 6) is 0.973. The zero-order chi connectivity index (χ0) is 22.8. The third-order valence-corrected chi connectivity index (χ3v) is 5.95. The number of fused-ring (bicyclic) bond motifs is 1. The molecule has 2 aliphatic heterocycles. The van der Waals surface area contributed by atoms with Crippen molar-refractivity contribution in [2.24, 2.45) is 0 Å². The van der Waals surface area contributed by atoms with Crippen LogP contribution >= 0.6 is 0 Å². The Morgan fingerprint density at radius 2 is 2.18 bits per heavy atom. The summed E-state index contributed by atoms with van der Waals surface area (Å²) in [5.41, 5.74) is 1.15. The molecule has 3 aromatic heterocycles. The molecule has 0 unspecified atom stereocenters. The zero-order valence-electron chi connectivity index (χ0n) is 18.3. The molecule has 0 spiro atoms. The van der Waals surface area contributed by atoms with Gasteiger partial charge in [0.25, 0.3) is 0 Å². The van der Waals surface area contributed by atoms with E-state index < -0.39 is 5.82 Å². The van der Waals surface area contributed by atoms with Crippen LogP contribution in [0.1, 0.15) is 18.4 Å². The maximum atomic E-state index is 15.1. The molecule has 2 fully saturated rings. The van der Waals surface area contributed by atoms with Crippen LogP contribution in [0.3, 0.4) is 0 Å². The number of methoxy groups -OCH3 is 1. The van der Waals surface area contributed by atoms with E-state index in [2.05, 4.69) is 25.5 Å². The van der Waals surface area contributed by atoms with E-state index >= 15 is 4.39 Å². The lowest BCUT2D eigenvalue weighted by atomic mass is 10.1. The summed E-state index contributed by atoms with van der Waals surface area (Å²) < 4.78 is 27.7. The van der Waals surface area contributed by atoms with E-state index in [1.165, 1.54) is 12.3 Å². The number of aromatic nitrogens is 4. The van der Waals surface area contributed by atoms with E-state index in [9.17, 15) is 5.26 Å². The summed E-state index contributed by atoms with van der Waals surface area (Å²) in [6.45, 7) is 4.26. The number of morpholine rings is 1. The second-order valence-corrected chi connectivity index (χ2v) is 8.06. The number of pyridine rings is 1. The van der Waals surface area contributed by atoms with Crippen LogP contribution < -0.4 is 20.3 Å². The predicted octanol–water partition coefficient (Wildman–Crippen LogP) is 1.81. The Morgan fingerprint density at radius 1 is 1.33 bits per heavy atom. The Kier molecular flexibility index (Phi) is 5.93. The maximum absolute atomic E-state index is 15.1. The van der Waals surface area contributed by atoms with Gasteiger partial charge in [-0.05, 0) is 25.5 Å². The van der Waals surface area contributed by atoms with E-state index in [0.717, 1.165) is 25.9 Å². The van der Waals surface area contributed by atoms with E-state index in [1.807, 2.05) is 6.07 Å². The van der Waals surface area contributed by atoms with Crippen molar-refractivity contribution in [2.45, 2.75) is 18.9 Å². The van der Waals surface area contributed by atoms with Gasteiger partial charge in [0.15, 0.2) is 23.0 Å². The highest BCUT2D eigenvalue weighted by Crippen LogP contribution is 2.31. The van der Waals surface area contributed by atoms with Crippen molar-refractivity contribution in [1.82, 2.24) is 24.9 Å². The number of imidazole rings is 1. The van der Waals surface area contributed by atoms with Crippen molar-refractivity contribution < 1.29 is 13.9 Å². The molecule has 0 bridgehead atoms. The standard InChI is InChI=1S/C22H25FN8O2/c1-32-18-10-19-26-13-17(31(19)29-22(18)30-5-7-33-8-6-30)20-16(23)9-14(11-24)21(28-20)27-15-3-2-4-25-12-15/h9-10,13,15,25H,2-8,12H2,1H3,(H,27,28)/t15-/m1/s1. The van der Waals surface area contributed by atoms with Crippen molar-refractivity contribution in [3.63, 3.8) is 0 Å². The SMILES string of the molecule is COc1cc2ncc(-c3nc(N[C@@H]4CCCNC4)c(C#N)cc3F)n2nc1N1CCOCC1. The fourth-order valence-electron chi connectivity index (χ4n) is 4.23. The molecule has 0 amide bonds. The molecule has 5 heterocycles. The van der Waals surface area contributed by atoms with Crippen LogP contribution in [0.2, 0.25) is 0 Å². The molecule has 10 nitrogen and oxygen atoms in total. The molecule has 0 saturated carbocycles. The van der Waals surface area contributed by atoms with E-state index in [0.29, 0.717) is 55.0 Å². The minimum Gasteiger partial charge on any atom is -0.493 e. The van der Waals surface area contributed by atoms with Crippen molar-refractivity contribution in [3.05, 3.63) is 29.7 Å². The first-order chi connectivity index (χ1) is 16.2. The number of nitrogens with one attached hydrogen (secondary N) is 2. The van der Waals surface area contributed by atoms with Crippen LogP contribution in [0, 0.1) is 17.1 Å². The third kappa shape index (κ3) is 4.15. The Hall–Kier alpha value is -3.49. The van der Waals surface area contributed by atoms with Crippen molar-refractivity contribution >= 4 is 17.3 Å². The quantitative estimate of drug-likeness (QED) is 0.598. The van der Waals surface area contributed by atoms with Crippen LogP contribution in [0.15, 0.2) is 18.3 Å². The van der Waals surface area contributed by atoms with Crippen molar-refractivity contribution in [2.75, 3.05) is 56.7 Å². The average molecular weight is 452 g/mol. The maximum Gasteiger partial charge on any atom is 0.192 e. The molecule has 0 radical (unpaired) electrons. The summed E-state index contributed by atoms with van der Waals surface area (Å²) >= 11 is 0. The average Bonchev–Trinajstić information content (AvgIpc) is 3.27. The largest absolute Gasteiger partial charge is 0.493 e. The molecule has 2 saturated heterocycles. The van der Waals surface area contributed by atoms with Gasteiger partial charge in [0.05, 0.1) is 32.1 Å². The number of rotatable bonds is 5. The monoisotopic (exact) mass is 452 g/mol. The zero-order valence-corrected chi connectivity index (χ0v) is 18.3. The topological polar surface area (TPSA) is 113 Å². The predicted molar refractivity (Wildman–Crippen MR) is 120 cm³/mol.